The van der Waals surface area contributed by atoms with Crippen LogP contribution < -0.4 is 5.32 Å². The molecule has 4 nitrogen and oxygen atoms in total. The molecule has 1 N–H and O–H groups in total. The van der Waals surface area contributed by atoms with Crippen molar-refractivity contribution in [1.29, 1.82) is 0 Å². The number of nitrogens with zero attached hydrogens (tertiary/aromatic N) is 1. The maximum atomic E-state index is 11.7. The molecule has 0 bridgehead atoms. The SMILES string of the molecule is Cc1ccccc1NC(=O)OC[C@@H]1CCCN(C)C1. The van der Waals surface area contributed by atoms with E-state index in [1.807, 2.05) is 31.2 Å². The number of piperidine rings is 1. The number of ether oxygens (including phenoxy) is 1. The minimum Gasteiger partial charge on any atom is -0.449 e. The fraction of sp³-hybridized carbons (Fsp3) is 0.533. The molecule has 1 aromatic rings. The van der Waals surface area contributed by atoms with E-state index >= 15 is 0 Å². The fourth-order valence-electron chi connectivity index (χ4n) is 2.46. The third-order valence-corrected chi connectivity index (χ3v) is 3.55. The van der Waals surface area contributed by atoms with Crippen molar-refractivity contribution in [2.45, 2.75) is 19.8 Å². The number of para-hydroxylation sites is 1. The summed E-state index contributed by atoms with van der Waals surface area (Å²) in [5, 5.41) is 2.79. The van der Waals surface area contributed by atoms with E-state index in [1.54, 1.807) is 0 Å². The molecule has 0 aromatic heterocycles. The number of anilines is 1. The van der Waals surface area contributed by atoms with Gasteiger partial charge >= 0.3 is 6.09 Å². The molecule has 0 aliphatic carbocycles. The Labute approximate surface area is 114 Å². The summed E-state index contributed by atoms with van der Waals surface area (Å²) in [5.74, 6) is 0.460. The maximum absolute atomic E-state index is 11.7. The molecule has 1 saturated heterocycles. The first-order valence-corrected chi connectivity index (χ1v) is 6.83. The molecule has 1 amide bonds. The van der Waals surface area contributed by atoms with Gasteiger partial charge in [-0.15, -0.1) is 0 Å². The summed E-state index contributed by atoms with van der Waals surface area (Å²) in [6, 6.07) is 7.69. The van der Waals surface area contributed by atoms with Crippen molar-refractivity contribution in [2.24, 2.45) is 5.92 Å². The van der Waals surface area contributed by atoms with Crippen LogP contribution in [0.5, 0.6) is 0 Å². The number of amides is 1. The van der Waals surface area contributed by atoms with Gasteiger partial charge in [0.15, 0.2) is 0 Å². The first kappa shape index (κ1) is 13.9. The number of benzene rings is 1. The molecule has 1 heterocycles. The number of likely N-dealkylation sites (tertiary alicyclic amines) is 1. The number of hydrogen-bond donors (Lipinski definition) is 1. The van der Waals surface area contributed by atoms with Gasteiger partial charge in [-0.3, -0.25) is 5.32 Å². The van der Waals surface area contributed by atoms with Crippen molar-refractivity contribution >= 4 is 11.8 Å². The Morgan fingerprint density at radius 1 is 1.47 bits per heavy atom. The minimum atomic E-state index is -0.359. The Morgan fingerprint density at radius 2 is 2.26 bits per heavy atom. The van der Waals surface area contributed by atoms with E-state index in [9.17, 15) is 4.79 Å². The Morgan fingerprint density at radius 3 is 3.00 bits per heavy atom. The van der Waals surface area contributed by atoms with Crippen LogP contribution in [-0.4, -0.2) is 37.7 Å². The lowest BCUT2D eigenvalue weighted by Gasteiger charge is -2.29. The van der Waals surface area contributed by atoms with Gasteiger partial charge in [0.2, 0.25) is 0 Å². The number of carbonyl (C=O) groups is 1. The van der Waals surface area contributed by atoms with Gasteiger partial charge in [-0.1, -0.05) is 18.2 Å². The highest BCUT2D eigenvalue weighted by Crippen LogP contribution is 2.16. The third-order valence-electron chi connectivity index (χ3n) is 3.55. The topological polar surface area (TPSA) is 41.6 Å². The standard InChI is InChI=1S/C15H22N2O2/c1-12-6-3-4-8-14(12)16-15(18)19-11-13-7-5-9-17(2)10-13/h3-4,6,8,13H,5,7,9-11H2,1-2H3,(H,16,18)/t13-/m1/s1. The predicted octanol–water partition coefficient (Wildman–Crippen LogP) is 2.89. The molecule has 1 aromatic carbocycles. The van der Waals surface area contributed by atoms with Crippen LogP contribution in [0.4, 0.5) is 10.5 Å². The number of hydrogen-bond acceptors (Lipinski definition) is 3. The quantitative estimate of drug-likeness (QED) is 0.910. The molecule has 4 heteroatoms. The van der Waals surface area contributed by atoms with E-state index in [4.69, 9.17) is 4.74 Å². The summed E-state index contributed by atoms with van der Waals surface area (Å²) in [7, 11) is 2.11. The monoisotopic (exact) mass is 262 g/mol. The number of rotatable bonds is 3. The van der Waals surface area contributed by atoms with Crippen molar-refractivity contribution in [3.8, 4) is 0 Å². The average Bonchev–Trinajstić information content (AvgIpc) is 2.39. The number of aryl methyl sites for hydroxylation is 1. The molecule has 2 rings (SSSR count). The van der Waals surface area contributed by atoms with Crippen LogP contribution >= 0.6 is 0 Å². The Balaban J connectivity index is 1.77. The van der Waals surface area contributed by atoms with Gasteiger partial charge in [0.25, 0.3) is 0 Å². The van der Waals surface area contributed by atoms with Crippen LogP contribution in [0.25, 0.3) is 0 Å². The van der Waals surface area contributed by atoms with Gasteiger partial charge in [0, 0.05) is 18.2 Å². The van der Waals surface area contributed by atoms with Crippen LogP contribution in [0.1, 0.15) is 18.4 Å². The zero-order chi connectivity index (χ0) is 13.7. The van der Waals surface area contributed by atoms with Gasteiger partial charge in [-0.2, -0.15) is 0 Å². The van der Waals surface area contributed by atoms with Gasteiger partial charge in [0.1, 0.15) is 0 Å². The average molecular weight is 262 g/mol. The van der Waals surface area contributed by atoms with Crippen LogP contribution in [0.2, 0.25) is 0 Å². The molecule has 19 heavy (non-hydrogen) atoms. The number of nitrogens with one attached hydrogen (secondary N) is 1. The first-order valence-electron chi connectivity index (χ1n) is 6.83. The zero-order valence-electron chi connectivity index (χ0n) is 11.7. The summed E-state index contributed by atoms with van der Waals surface area (Å²) in [4.78, 5) is 14.0. The maximum Gasteiger partial charge on any atom is 0.411 e. The van der Waals surface area contributed by atoms with E-state index in [1.165, 1.54) is 6.42 Å². The second-order valence-corrected chi connectivity index (χ2v) is 5.31. The van der Waals surface area contributed by atoms with E-state index in [0.717, 1.165) is 30.8 Å². The molecule has 1 fully saturated rings. The zero-order valence-corrected chi connectivity index (χ0v) is 11.7. The summed E-state index contributed by atoms with van der Waals surface area (Å²) in [6.07, 6.45) is 1.97. The molecule has 0 spiro atoms. The molecule has 104 valence electrons. The molecule has 1 aliphatic rings. The van der Waals surface area contributed by atoms with Crippen molar-refractivity contribution in [2.75, 3.05) is 32.1 Å². The largest absolute Gasteiger partial charge is 0.449 e. The molecular formula is C15H22N2O2. The molecule has 1 aliphatic heterocycles. The van der Waals surface area contributed by atoms with E-state index in [-0.39, 0.29) is 6.09 Å². The summed E-state index contributed by atoms with van der Waals surface area (Å²) in [5.41, 5.74) is 1.85. The minimum absolute atomic E-state index is 0.359. The highest BCUT2D eigenvalue weighted by Gasteiger charge is 2.18. The van der Waals surface area contributed by atoms with Gasteiger partial charge in [0.05, 0.1) is 6.61 Å². The van der Waals surface area contributed by atoms with Crippen LogP contribution in [-0.2, 0) is 4.74 Å². The van der Waals surface area contributed by atoms with Crippen molar-refractivity contribution in [1.82, 2.24) is 4.90 Å². The highest BCUT2D eigenvalue weighted by atomic mass is 16.5. The summed E-state index contributed by atoms with van der Waals surface area (Å²) in [6.45, 7) is 4.62. The van der Waals surface area contributed by atoms with E-state index in [0.29, 0.717) is 12.5 Å². The van der Waals surface area contributed by atoms with Crippen LogP contribution in [0.3, 0.4) is 0 Å². The molecular weight excluding hydrogens is 240 g/mol. The van der Waals surface area contributed by atoms with E-state index < -0.39 is 0 Å². The van der Waals surface area contributed by atoms with Gasteiger partial charge < -0.3 is 9.64 Å². The van der Waals surface area contributed by atoms with Gasteiger partial charge in [-0.25, -0.2) is 4.79 Å². The van der Waals surface area contributed by atoms with Crippen molar-refractivity contribution in [3.63, 3.8) is 0 Å². The number of carbonyl (C=O) groups excluding carboxylic acids is 1. The van der Waals surface area contributed by atoms with Crippen molar-refractivity contribution in [3.05, 3.63) is 29.8 Å². The molecule has 0 unspecified atom stereocenters. The Bertz CT molecular complexity index is 434. The molecule has 0 saturated carbocycles. The Hall–Kier alpha value is -1.55. The highest BCUT2D eigenvalue weighted by molar-refractivity contribution is 5.85. The molecule has 1 atom stereocenters. The lowest BCUT2D eigenvalue weighted by atomic mass is 10.00. The normalized spacial score (nSPS) is 20.0. The lowest BCUT2D eigenvalue weighted by molar-refractivity contribution is 0.107. The lowest BCUT2D eigenvalue weighted by Crippen LogP contribution is -2.35. The third kappa shape index (κ3) is 4.24. The second kappa shape index (κ2) is 6.57. The van der Waals surface area contributed by atoms with Crippen LogP contribution in [0, 0.1) is 12.8 Å². The van der Waals surface area contributed by atoms with Crippen LogP contribution in [0.15, 0.2) is 24.3 Å². The summed E-state index contributed by atoms with van der Waals surface area (Å²) < 4.78 is 5.31. The van der Waals surface area contributed by atoms with Gasteiger partial charge in [-0.05, 0) is 45.0 Å². The summed E-state index contributed by atoms with van der Waals surface area (Å²) >= 11 is 0. The predicted molar refractivity (Wildman–Crippen MR) is 76.4 cm³/mol. The Kier molecular flexibility index (Phi) is 4.80. The van der Waals surface area contributed by atoms with E-state index in [2.05, 4.69) is 17.3 Å². The smallest absolute Gasteiger partial charge is 0.411 e. The van der Waals surface area contributed by atoms with Crippen molar-refractivity contribution < 1.29 is 9.53 Å². The fourth-order valence-corrected chi connectivity index (χ4v) is 2.46. The second-order valence-electron chi connectivity index (χ2n) is 5.31. The first-order chi connectivity index (χ1) is 9.15. The molecule has 0 radical (unpaired) electrons.